The molecule has 0 aromatic carbocycles. The van der Waals surface area contributed by atoms with Crippen molar-refractivity contribution < 1.29 is 13.9 Å². The van der Waals surface area contributed by atoms with Crippen molar-refractivity contribution in [3.8, 4) is 5.88 Å². The van der Waals surface area contributed by atoms with E-state index in [0.717, 1.165) is 16.8 Å². The number of H-pyrrole nitrogens is 1. The highest BCUT2D eigenvalue weighted by atomic mass is 19.1. The molecule has 0 saturated carbocycles. The molecule has 0 amide bonds. The van der Waals surface area contributed by atoms with E-state index >= 15 is 0 Å². The number of aromatic amines is 1. The van der Waals surface area contributed by atoms with Crippen LogP contribution in [-0.4, -0.2) is 50.7 Å². The van der Waals surface area contributed by atoms with Crippen molar-refractivity contribution in [3.05, 3.63) is 24.2 Å². The van der Waals surface area contributed by atoms with Crippen LogP contribution in [0, 0.1) is 6.92 Å². The zero-order valence-corrected chi connectivity index (χ0v) is 14.7. The summed E-state index contributed by atoms with van der Waals surface area (Å²) < 4.78 is 26.7. The van der Waals surface area contributed by atoms with Crippen molar-refractivity contribution in [1.82, 2.24) is 24.7 Å². The van der Waals surface area contributed by atoms with Crippen LogP contribution in [0.15, 0.2) is 18.5 Å². The molecular weight excluding hydrogens is 339 g/mol. The van der Waals surface area contributed by atoms with Gasteiger partial charge >= 0.3 is 0 Å². The van der Waals surface area contributed by atoms with Crippen LogP contribution in [0.2, 0.25) is 0 Å². The van der Waals surface area contributed by atoms with Gasteiger partial charge in [0.15, 0.2) is 0 Å². The lowest BCUT2D eigenvalue weighted by atomic mass is 10.1. The van der Waals surface area contributed by atoms with Gasteiger partial charge in [-0.15, -0.1) is 0 Å². The van der Waals surface area contributed by atoms with E-state index < -0.39 is 6.17 Å². The lowest BCUT2D eigenvalue weighted by Gasteiger charge is -2.27. The Balaban J connectivity index is 1.62. The lowest BCUT2D eigenvalue weighted by molar-refractivity contribution is -0.000678. The topological polar surface area (TPSA) is 89.9 Å². The summed E-state index contributed by atoms with van der Waals surface area (Å²) in [5, 5.41) is 8.36. The third kappa shape index (κ3) is 2.98. The molecule has 0 bridgehead atoms. The molecule has 9 heteroatoms. The maximum Gasteiger partial charge on any atom is 0.232 e. The van der Waals surface area contributed by atoms with E-state index in [1.54, 1.807) is 17.1 Å². The van der Waals surface area contributed by atoms with Gasteiger partial charge in [-0.3, -0.25) is 4.68 Å². The molecule has 2 atom stereocenters. The fourth-order valence-corrected chi connectivity index (χ4v) is 3.18. The van der Waals surface area contributed by atoms with Crippen LogP contribution < -0.4 is 10.1 Å². The summed E-state index contributed by atoms with van der Waals surface area (Å²) in [6, 6.07) is 1.56. The van der Waals surface area contributed by atoms with E-state index in [4.69, 9.17) is 9.47 Å². The molecule has 1 aliphatic rings. The van der Waals surface area contributed by atoms with Crippen LogP contribution in [0.5, 0.6) is 5.88 Å². The van der Waals surface area contributed by atoms with Gasteiger partial charge in [-0.1, -0.05) is 0 Å². The Hall–Kier alpha value is -2.68. The van der Waals surface area contributed by atoms with E-state index in [2.05, 4.69) is 25.4 Å². The van der Waals surface area contributed by atoms with Crippen LogP contribution in [0.3, 0.4) is 0 Å². The predicted octanol–water partition coefficient (Wildman–Crippen LogP) is 2.90. The predicted molar refractivity (Wildman–Crippen MR) is 94.7 cm³/mol. The van der Waals surface area contributed by atoms with Gasteiger partial charge in [0.25, 0.3) is 0 Å². The van der Waals surface area contributed by atoms with Crippen LogP contribution in [-0.2, 0) is 4.74 Å². The van der Waals surface area contributed by atoms with Crippen LogP contribution in [0.1, 0.15) is 25.1 Å². The molecule has 2 N–H and O–H groups in total. The molecular formula is C17H21FN6O2. The van der Waals surface area contributed by atoms with Gasteiger partial charge in [0.1, 0.15) is 11.8 Å². The van der Waals surface area contributed by atoms with E-state index in [0.29, 0.717) is 37.1 Å². The van der Waals surface area contributed by atoms with Crippen LogP contribution in [0.4, 0.5) is 16.0 Å². The maximum atomic E-state index is 14.2. The summed E-state index contributed by atoms with van der Waals surface area (Å²) in [6.45, 7) is 4.96. The molecule has 1 fully saturated rings. The number of halogens is 1. The summed E-state index contributed by atoms with van der Waals surface area (Å²) >= 11 is 0. The summed E-state index contributed by atoms with van der Waals surface area (Å²) in [6.07, 6.45) is 3.00. The van der Waals surface area contributed by atoms with E-state index in [-0.39, 0.29) is 12.6 Å². The highest BCUT2D eigenvalue weighted by Gasteiger charge is 2.29. The molecule has 4 rings (SSSR count). The molecule has 8 nitrogen and oxygen atoms in total. The molecule has 138 valence electrons. The van der Waals surface area contributed by atoms with Gasteiger partial charge in [-0.2, -0.15) is 15.1 Å². The highest BCUT2D eigenvalue weighted by Crippen LogP contribution is 2.29. The van der Waals surface area contributed by atoms with E-state index in [1.165, 1.54) is 0 Å². The van der Waals surface area contributed by atoms with Gasteiger partial charge in [0, 0.05) is 12.8 Å². The largest absolute Gasteiger partial charge is 0.477 e. The summed E-state index contributed by atoms with van der Waals surface area (Å²) in [5.74, 6) is 0.911. The fourth-order valence-electron chi connectivity index (χ4n) is 3.18. The average molecular weight is 360 g/mol. The van der Waals surface area contributed by atoms with Crippen molar-refractivity contribution in [2.45, 2.75) is 32.5 Å². The Morgan fingerprint density at radius 1 is 1.46 bits per heavy atom. The number of hydrogen-bond donors (Lipinski definition) is 2. The molecule has 0 aliphatic carbocycles. The molecule has 1 aliphatic heterocycles. The minimum atomic E-state index is -1.06. The molecule has 1 saturated heterocycles. The first-order valence-electron chi connectivity index (χ1n) is 8.68. The van der Waals surface area contributed by atoms with Gasteiger partial charge in [-0.25, -0.2) is 4.39 Å². The first kappa shape index (κ1) is 16.8. The maximum absolute atomic E-state index is 14.2. The lowest BCUT2D eigenvalue weighted by Crippen LogP contribution is -2.32. The second-order valence-electron chi connectivity index (χ2n) is 6.19. The third-order valence-corrected chi connectivity index (χ3v) is 4.52. The first-order chi connectivity index (χ1) is 12.7. The SMILES string of the molecule is CCOc1nc(Nc2cnn(C3CCOCC3F)c2C)nc2[nH]ccc12. The van der Waals surface area contributed by atoms with Gasteiger partial charge in [-0.05, 0) is 26.3 Å². The van der Waals surface area contributed by atoms with Crippen LogP contribution in [0.25, 0.3) is 11.0 Å². The fraction of sp³-hybridized carbons (Fsp3) is 0.471. The molecule has 4 heterocycles. The second-order valence-corrected chi connectivity index (χ2v) is 6.19. The Kier molecular flexibility index (Phi) is 4.46. The van der Waals surface area contributed by atoms with Gasteiger partial charge < -0.3 is 19.8 Å². The standard InChI is InChI=1S/C17H21FN6O2/c1-3-26-16-11-4-6-19-15(11)22-17(23-16)21-13-8-20-24(10(13)2)14-5-7-25-9-12(14)18/h4,6,8,12,14H,3,5,7,9H2,1-2H3,(H2,19,21,22,23). The number of aromatic nitrogens is 5. The summed E-state index contributed by atoms with van der Waals surface area (Å²) in [5.41, 5.74) is 2.24. The average Bonchev–Trinajstić information content (AvgIpc) is 3.24. The number of anilines is 2. The molecule has 0 spiro atoms. The minimum absolute atomic E-state index is 0.108. The molecule has 3 aromatic heterocycles. The number of rotatable bonds is 5. The summed E-state index contributed by atoms with van der Waals surface area (Å²) in [7, 11) is 0. The molecule has 26 heavy (non-hydrogen) atoms. The Morgan fingerprint density at radius 3 is 3.15 bits per heavy atom. The smallest absolute Gasteiger partial charge is 0.232 e. The number of nitrogens with one attached hydrogen (secondary N) is 2. The minimum Gasteiger partial charge on any atom is -0.477 e. The van der Waals surface area contributed by atoms with Gasteiger partial charge in [0.05, 0.1) is 42.2 Å². The highest BCUT2D eigenvalue weighted by molar-refractivity contribution is 5.82. The summed E-state index contributed by atoms with van der Waals surface area (Å²) in [4.78, 5) is 12.0. The molecule has 0 radical (unpaired) electrons. The van der Waals surface area contributed by atoms with Crippen molar-refractivity contribution in [3.63, 3.8) is 0 Å². The number of ether oxygens (including phenoxy) is 2. The van der Waals surface area contributed by atoms with E-state index in [9.17, 15) is 4.39 Å². The monoisotopic (exact) mass is 360 g/mol. The van der Waals surface area contributed by atoms with Crippen LogP contribution >= 0.6 is 0 Å². The number of nitrogens with zero attached hydrogens (tertiary/aromatic N) is 4. The number of hydrogen-bond acceptors (Lipinski definition) is 6. The Morgan fingerprint density at radius 2 is 2.35 bits per heavy atom. The van der Waals surface area contributed by atoms with Crippen molar-refractivity contribution in [2.24, 2.45) is 0 Å². The first-order valence-corrected chi connectivity index (χ1v) is 8.68. The number of alkyl halides is 1. The van der Waals surface area contributed by atoms with E-state index in [1.807, 2.05) is 19.9 Å². The van der Waals surface area contributed by atoms with Crippen molar-refractivity contribution in [1.29, 1.82) is 0 Å². The van der Waals surface area contributed by atoms with Crippen molar-refractivity contribution in [2.75, 3.05) is 25.1 Å². The third-order valence-electron chi connectivity index (χ3n) is 4.52. The van der Waals surface area contributed by atoms with Crippen molar-refractivity contribution >= 4 is 22.7 Å². The normalized spacial score (nSPS) is 20.4. The molecule has 2 unspecified atom stereocenters. The number of fused-ring (bicyclic) bond motifs is 1. The zero-order chi connectivity index (χ0) is 18.1. The quantitative estimate of drug-likeness (QED) is 0.727. The van der Waals surface area contributed by atoms with Gasteiger partial charge in [0.2, 0.25) is 11.8 Å². The molecule has 3 aromatic rings. The zero-order valence-electron chi connectivity index (χ0n) is 14.7. The Labute approximate surface area is 149 Å². The second kappa shape index (κ2) is 6.91. The Bertz CT molecular complexity index is 908.